The SMILES string of the molecule is C=C/C=C\C(=C/C=C)C(=C)/C=c1/c(N=C(N)C/C=C\C=C2/CC(=C)/C=C(c3ccc4c(c3)c3ccccc3n4C(/C=C\C)=C/C)\C=C/C(C)S2)c(Cc2cccc3oc(=C/C=C)/c(=C\C)c23)o/c1=C/C=C. The minimum absolute atomic E-state index is 0.227. The van der Waals surface area contributed by atoms with Crippen LogP contribution in [0.3, 0.4) is 0 Å². The van der Waals surface area contributed by atoms with Crippen molar-refractivity contribution in [2.75, 3.05) is 0 Å². The molecule has 356 valence electrons. The number of rotatable bonds is 16. The highest BCUT2D eigenvalue weighted by atomic mass is 32.2. The maximum Gasteiger partial charge on any atom is 0.136 e. The molecule has 0 bridgehead atoms. The normalized spacial score (nSPS) is 18.3. The van der Waals surface area contributed by atoms with Crippen LogP contribution in [0.4, 0.5) is 5.69 Å². The Labute approximate surface area is 423 Å². The number of aromatic nitrogens is 1. The largest absolute Gasteiger partial charge is 0.458 e. The molecule has 0 fully saturated rings. The number of nitrogens with zero attached hydrogens (tertiary/aromatic N) is 2. The highest BCUT2D eigenvalue weighted by Crippen LogP contribution is 2.37. The van der Waals surface area contributed by atoms with E-state index in [0.717, 1.165) is 65.9 Å². The van der Waals surface area contributed by atoms with E-state index in [1.54, 1.807) is 24.3 Å². The van der Waals surface area contributed by atoms with Crippen molar-refractivity contribution in [2.24, 2.45) is 10.7 Å². The number of hydrogen-bond donors (Lipinski definition) is 1. The van der Waals surface area contributed by atoms with E-state index in [9.17, 15) is 0 Å². The predicted molar refractivity (Wildman–Crippen MR) is 312 cm³/mol. The number of hydrogen-bond acceptors (Lipinski definition) is 4. The van der Waals surface area contributed by atoms with Crippen LogP contribution in [-0.2, 0) is 6.42 Å². The lowest BCUT2D eigenvalue weighted by atomic mass is 9.99. The predicted octanol–water partition coefficient (Wildman–Crippen LogP) is 14.6. The van der Waals surface area contributed by atoms with Gasteiger partial charge in [0.05, 0.1) is 11.0 Å². The van der Waals surface area contributed by atoms with Crippen LogP contribution in [0, 0.1) is 0 Å². The van der Waals surface area contributed by atoms with Gasteiger partial charge in [-0.1, -0.05) is 173 Å². The zero-order valence-electron chi connectivity index (χ0n) is 41.5. The Morgan fingerprint density at radius 2 is 1.63 bits per heavy atom. The monoisotopic (exact) mass is 949 g/mol. The van der Waals surface area contributed by atoms with Gasteiger partial charge in [-0.05, 0) is 115 Å². The maximum absolute atomic E-state index is 6.85. The van der Waals surface area contributed by atoms with E-state index in [4.69, 9.17) is 19.6 Å². The molecule has 0 aliphatic carbocycles. The van der Waals surface area contributed by atoms with Crippen molar-refractivity contribution >= 4 is 91.6 Å². The van der Waals surface area contributed by atoms with Gasteiger partial charge in [0.1, 0.15) is 33.7 Å². The summed E-state index contributed by atoms with van der Waals surface area (Å²) in [6, 6.07) is 21.5. The van der Waals surface area contributed by atoms with Crippen LogP contribution >= 0.6 is 11.8 Å². The Kier molecular flexibility index (Phi) is 17.2. The molecule has 0 amide bonds. The van der Waals surface area contributed by atoms with Gasteiger partial charge in [0.15, 0.2) is 0 Å². The smallest absolute Gasteiger partial charge is 0.136 e. The fourth-order valence-electron chi connectivity index (χ4n) is 8.88. The zero-order chi connectivity index (χ0) is 50.4. The molecule has 7 rings (SSSR count). The number of furan rings is 2. The maximum atomic E-state index is 6.85. The molecule has 0 radical (unpaired) electrons. The molecule has 1 unspecified atom stereocenters. The summed E-state index contributed by atoms with van der Waals surface area (Å²) >= 11 is 1.83. The molecule has 3 aromatic heterocycles. The molecule has 0 saturated carbocycles. The average molecular weight is 950 g/mol. The molecule has 4 heterocycles. The fraction of sp³-hybridized carbons (Fsp3) is 0.123. The molecule has 1 aliphatic rings. The van der Waals surface area contributed by atoms with Crippen LogP contribution in [0.15, 0.2) is 233 Å². The topological polar surface area (TPSA) is 69.6 Å². The third-order valence-electron chi connectivity index (χ3n) is 12.0. The lowest BCUT2D eigenvalue weighted by Gasteiger charge is -2.09. The first kappa shape index (κ1) is 50.8. The first-order chi connectivity index (χ1) is 34.5. The van der Waals surface area contributed by atoms with Gasteiger partial charge < -0.3 is 19.1 Å². The third-order valence-corrected chi connectivity index (χ3v) is 13.1. The Morgan fingerprint density at radius 3 is 2.37 bits per heavy atom. The molecule has 3 aromatic carbocycles. The first-order valence-electron chi connectivity index (χ1n) is 23.9. The summed E-state index contributed by atoms with van der Waals surface area (Å²) in [6.07, 6.45) is 41.3. The quantitative estimate of drug-likeness (QED) is 0.0596. The first-order valence-corrected chi connectivity index (χ1v) is 24.8. The molecule has 0 spiro atoms. The Hall–Kier alpha value is -8.06. The van der Waals surface area contributed by atoms with E-state index < -0.39 is 0 Å². The number of benzene rings is 3. The summed E-state index contributed by atoms with van der Waals surface area (Å²) in [5.74, 6) is 1.06. The van der Waals surface area contributed by atoms with Gasteiger partial charge in [-0.3, -0.25) is 0 Å². The minimum atomic E-state index is 0.227. The van der Waals surface area contributed by atoms with E-state index in [-0.39, 0.29) is 5.25 Å². The van der Waals surface area contributed by atoms with Crippen LogP contribution in [0.2, 0.25) is 0 Å². The van der Waals surface area contributed by atoms with Crippen LogP contribution in [0.5, 0.6) is 0 Å². The Morgan fingerprint density at radius 1 is 0.859 bits per heavy atom. The number of nitrogens with two attached hydrogens (primary N) is 1. The highest BCUT2D eigenvalue weighted by Gasteiger charge is 2.18. The van der Waals surface area contributed by atoms with Crippen molar-refractivity contribution in [3.05, 3.63) is 257 Å². The van der Waals surface area contributed by atoms with Crippen molar-refractivity contribution in [3.8, 4) is 0 Å². The number of fused-ring (bicyclic) bond motifs is 4. The molecule has 6 heteroatoms. The van der Waals surface area contributed by atoms with Crippen molar-refractivity contribution in [1.82, 2.24) is 4.57 Å². The summed E-state index contributed by atoms with van der Waals surface area (Å²) in [6.45, 7) is 33.0. The molecule has 1 aliphatic heterocycles. The number of thioether (sulfide) groups is 1. The summed E-state index contributed by atoms with van der Waals surface area (Å²) in [4.78, 5) is 6.32. The van der Waals surface area contributed by atoms with E-state index in [2.05, 4.69) is 168 Å². The summed E-state index contributed by atoms with van der Waals surface area (Å²) < 4.78 is 15.3. The Balaban J connectivity index is 1.21. The van der Waals surface area contributed by atoms with E-state index >= 15 is 0 Å². The van der Waals surface area contributed by atoms with Gasteiger partial charge in [-0.25, -0.2) is 4.99 Å². The van der Waals surface area contributed by atoms with Gasteiger partial charge >= 0.3 is 0 Å². The second-order valence-electron chi connectivity index (χ2n) is 17.0. The molecule has 6 aromatic rings. The lowest BCUT2D eigenvalue weighted by Crippen LogP contribution is -2.21. The summed E-state index contributed by atoms with van der Waals surface area (Å²) in [5, 5.41) is 5.39. The van der Waals surface area contributed by atoms with Gasteiger partial charge in [-0.2, -0.15) is 0 Å². The van der Waals surface area contributed by atoms with Crippen LogP contribution < -0.4 is 27.0 Å². The van der Waals surface area contributed by atoms with E-state index in [1.807, 2.05) is 73.4 Å². The molecule has 0 saturated heterocycles. The molecule has 5 nitrogen and oxygen atoms in total. The zero-order valence-corrected chi connectivity index (χ0v) is 42.3. The Bertz CT molecular complexity index is 3650. The van der Waals surface area contributed by atoms with Crippen molar-refractivity contribution < 1.29 is 8.83 Å². The summed E-state index contributed by atoms with van der Waals surface area (Å²) in [7, 11) is 0. The standard InChI is InChI=1S/C65H63N3O2S/c1-11-18-28-47(24-12-2)45(9)41-56-60(27-15-5)70-62(43-50-29-23-33-61-64(50)53(17-7)59(69-61)26-14-4)65(56)67-63(66)34-22-19-30-52-40-44(8)39-48(36-35-46(10)71-52)49-37-38-58-55(42-49)54-31-20-21-32-57(54)68(58)51(16-6)25-13-3/h11-33,35-39,41-42,46H,1-2,4-5,8-9,34,40,43H2,3,6-7,10H3,(H2,66,67)/b22-19-,25-13-,28-18-,36-35-,47-24+,48-39+,51-16+,52-30+,53-17+,56-41+,59-26+,60-27+. The van der Waals surface area contributed by atoms with E-state index in [0.29, 0.717) is 42.0 Å². The third kappa shape index (κ3) is 11.7. The molecule has 71 heavy (non-hydrogen) atoms. The van der Waals surface area contributed by atoms with Gasteiger partial charge in [0, 0.05) is 56.8 Å². The number of amidine groups is 1. The molecule has 2 N–H and O–H groups in total. The second-order valence-corrected chi connectivity index (χ2v) is 18.5. The van der Waals surface area contributed by atoms with Crippen LogP contribution in [0.25, 0.3) is 68.3 Å². The second kappa shape index (κ2) is 24.0. The molecule has 1 atom stereocenters. The minimum Gasteiger partial charge on any atom is -0.458 e. The molecular formula is C65H63N3O2S. The van der Waals surface area contributed by atoms with Gasteiger partial charge in [0.2, 0.25) is 0 Å². The van der Waals surface area contributed by atoms with Crippen molar-refractivity contribution in [2.45, 2.75) is 52.2 Å². The average Bonchev–Trinajstić information content (AvgIpc) is 4.01. The van der Waals surface area contributed by atoms with Crippen LogP contribution in [0.1, 0.15) is 57.4 Å². The van der Waals surface area contributed by atoms with E-state index in [1.165, 1.54) is 26.7 Å². The number of allylic oxidation sites excluding steroid dienone is 20. The van der Waals surface area contributed by atoms with Crippen LogP contribution in [-0.4, -0.2) is 15.7 Å². The van der Waals surface area contributed by atoms with Crippen molar-refractivity contribution in [1.29, 1.82) is 0 Å². The summed E-state index contributed by atoms with van der Waals surface area (Å²) in [5.41, 5.74) is 19.0. The lowest BCUT2D eigenvalue weighted by molar-refractivity contribution is 0.491. The van der Waals surface area contributed by atoms with Crippen molar-refractivity contribution in [3.63, 3.8) is 0 Å². The van der Waals surface area contributed by atoms with Gasteiger partial charge in [-0.15, -0.1) is 11.8 Å². The number of para-hydroxylation sites is 1. The van der Waals surface area contributed by atoms with Gasteiger partial charge in [0.25, 0.3) is 0 Å². The number of aliphatic imine (C=N–C) groups is 1. The molecular weight excluding hydrogens is 887 g/mol. The highest BCUT2D eigenvalue weighted by molar-refractivity contribution is 8.03. The fourth-order valence-corrected chi connectivity index (χ4v) is 9.94.